The molecule has 5 heteroatoms. The predicted octanol–water partition coefficient (Wildman–Crippen LogP) is -0.538. The van der Waals surface area contributed by atoms with E-state index in [1.165, 1.54) is 4.90 Å². The maximum atomic E-state index is 11.7. The lowest BCUT2D eigenvalue weighted by Crippen LogP contribution is -2.53. The largest absolute Gasteiger partial charge is 0.347 e. The fraction of sp³-hybridized carbons (Fsp3) is 0.800. The summed E-state index contributed by atoms with van der Waals surface area (Å²) in [5, 5.41) is 2.59. The average molecular weight is 213 g/mol. The number of amides is 2. The van der Waals surface area contributed by atoms with Crippen molar-refractivity contribution in [3.05, 3.63) is 0 Å². The molecule has 1 aliphatic rings. The molecule has 0 aromatic rings. The molecule has 15 heavy (non-hydrogen) atoms. The van der Waals surface area contributed by atoms with Crippen LogP contribution in [-0.2, 0) is 9.59 Å². The van der Waals surface area contributed by atoms with E-state index < -0.39 is 5.54 Å². The van der Waals surface area contributed by atoms with Gasteiger partial charge in [-0.3, -0.25) is 9.59 Å². The summed E-state index contributed by atoms with van der Waals surface area (Å²) in [6.45, 7) is 0.0325. The molecule has 0 bridgehead atoms. The minimum Gasteiger partial charge on any atom is -0.347 e. The van der Waals surface area contributed by atoms with Crippen LogP contribution < -0.4 is 11.1 Å². The Kier molecular flexibility index (Phi) is 3.68. The maximum Gasteiger partial charge on any atom is 0.241 e. The van der Waals surface area contributed by atoms with Crippen LogP contribution in [-0.4, -0.2) is 42.9 Å². The van der Waals surface area contributed by atoms with E-state index in [4.69, 9.17) is 5.73 Å². The van der Waals surface area contributed by atoms with Crippen molar-refractivity contribution in [1.29, 1.82) is 0 Å². The molecule has 2 amide bonds. The van der Waals surface area contributed by atoms with E-state index in [0.29, 0.717) is 0 Å². The molecular formula is C10H19N3O2. The quantitative estimate of drug-likeness (QED) is 0.661. The highest BCUT2D eigenvalue weighted by Gasteiger charge is 2.36. The highest BCUT2D eigenvalue weighted by Crippen LogP contribution is 2.26. The van der Waals surface area contributed by atoms with Crippen molar-refractivity contribution < 1.29 is 9.59 Å². The summed E-state index contributed by atoms with van der Waals surface area (Å²) in [7, 11) is 3.31. The zero-order chi connectivity index (χ0) is 11.5. The van der Waals surface area contributed by atoms with Crippen molar-refractivity contribution in [1.82, 2.24) is 10.2 Å². The van der Waals surface area contributed by atoms with Crippen molar-refractivity contribution in [2.45, 2.75) is 31.2 Å². The molecule has 5 nitrogen and oxygen atoms in total. The molecule has 0 radical (unpaired) electrons. The van der Waals surface area contributed by atoms with Gasteiger partial charge in [-0.1, -0.05) is 12.8 Å². The Hall–Kier alpha value is -1.10. The third-order valence-electron chi connectivity index (χ3n) is 2.85. The monoisotopic (exact) mass is 213 g/mol. The molecule has 86 valence electrons. The first kappa shape index (κ1) is 12.0. The summed E-state index contributed by atoms with van der Waals surface area (Å²) < 4.78 is 0. The van der Waals surface area contributed by atoms with Crippen LogP contribution in [0.2, 0.25) is 0 Å². The lowest BCUT2D eigenvalue weighted by atomic mass is 9.98. The fourth-order valence-electron chi connectivity index (χ4n) is 1.72. The highest BCUT2D eigenvalue weighted by atomic mass is 16.2. The summed E-state index contributed by atoms with van der Waals surface area (Å²) in [6, 6.07) is 0. The van der Waals surface area contributed by atoms with E-state index in [9.17, 15) is 9.59 Å². The average Bonchev–Trinajstić information content (AvgIpc) is 2.62. The Bertz CT molecular complexity index is 257. The third kappa shape index (κ3) is 2.92. The lowest BCUT2D eigenvalue weighted by molar-refractivity contribution is -0.132. The molecule has 0 heterocycles. The summed E-state index contributed by atoms with van der Waals surface area (Å²) in [5.41, 5.74) is 5.18. The second-order valence-electron chi connectivity index (χ2n) is 4.33. The number of likely N-dealkylation sites (N-methyl/N-ethyl adjacent to an activating group) is 1. The van der Waals surface area contributed by atoms with Gasteiger partial charge >= 0.3 is 0 Å². The van der Waals surface area contributed by atoms with E-state index in [0.717, 1.165) is 25.7 Å². The summed E-state index contributed by atoms with van der Waals surface area (Å²) in [6.07, 6.45) is 3.42. The SMILES string of the molecule is CN(C)C(=O)CNC(=O)C1(N)CCCC1. The molecule has 0 unspecified atom stereocenters. The van der Waals surface area contributed by atoms with Crippen LogP contribution in [0.4, 0.5) is 0 Å². The zero-order valence-electron chi connectivity index (χ0n) is 9.38. The molecule has 0 spiro atoms. The highest BCUT2D eigenvalue weighted by molar-refractivity contribution is 5.90. The second kappa shape index (κ2) is 4.61. The number of nitrogens with zero attached hydrogens (tertiary/aromatic N) is 1. The predicted molar refractivity (Wildman–Crippen MR) is 57.1 cm³/mol. The van der Waals surface area contributed by atoms with Crippen LogP contribution in [0.1, 0.15) is 25.7 Å². The van der Waals surface area contributed by atoms with Gasteiger partial charge in [0.25, 0.3) is 0 Å². The molecule has 0 aromatic heterocycles. The number of rotatable bonds is 3. The van der Waals surface area contributed by atoms with Crippen LogP contribution in [0.5, 0.6) is 0 Å². The fourth-order valence-corrected chi connectivity index (χ4v) is 1.72. The number of carbonyl (C=O) groups is 2. The van der Waals surface area contributed by atoms with Crippen molar-refractivity contribution in [3.63, 3.8) is 0 Å². The number of carbonyl (C=O) groups excluding carboxylic acids is 2. The van der Waals surface area contributed by atoms with Gasteiger partial charge in [-0.05, 0) is 12.8 Å². The number of nitrogens with two attached hydrogens (primary N) is 1. The molecule has 1 aliphatic carbocycles. The van der Waals surface area contributed by atoms with Gasteiger partial charge in [-0.15, -0.1) is 0 Å². The van der Waals surface area contributed by atoms with Crippen LogP contribution in [0.15, 0.2) is 0 Å². The topological polar surface area (TPSA) is 75.4 Å². The van der Waals surface area contributed by atoms with E-state index in [2.05, 4.69) is 5.32 Å². The van der Waals surface area contributed by atoms with E-state index in [1.807, 2.05) is 0 Å². The first-order valence-electron chi connectivity index (χ1n) is 5.23. The summed E-state index contributed by atoms with van der Waals surface area (Å²) in [5.74, 6) is -0.319. The Morgan fingerprint density at radius 1 is 1.33 bits per heavy atom. The molecular weight excluding hydrogens is 194 g/mol. The van der Waals surface area contributed by atoms with Gasteiger partial charge < -0.3 is 16.0 Å². The molecule has 1 fully saturated rings. The van der Waals surface area contributed by atoms with Crippen LogP contribution in [0, 0.1) is 0 Å². The van der Waals surface area contributed by atoms with Crippen molar-refractivity contribution in [2.24, 2.45) is 5.73 Å². The third-order valence-corrected chi connectivity index (χ3v) is 2.85. The van der Waals surface area contributed by atoms with Gasteiger partial charge in [0.2, 0.25) is 11.8 Å². The van der Waals surface area contributed by atoms with Gasteiger partial charge in [0.15, 0.2) is 0 Å². The van der Waals surface area contributed by atoms with Crippen molar-refractivity contribution in [3.8, 4) is 0 Å². The van der Waals surface area contributed by atoms with Gasteiger partial charge in [0, 0.05) is 14.1 Å². The maximum absolute atomic E-state index is 11.7. The van der Waals surface area contributed by atoms with E-state index in [1.54, 1.807) is 14.1 Å². The summed E-state index contributed by atoms with van der Waals surface area (Å²) >= 11 is 0. The molecule has 1 rings (SSSR count). The molecule has 0 saturated heterocycles. The Morgan fingerprint density at radius 2 is 1.87 bits per heavy atom. The van der Waals surface area contributed by atoms with Gasteiger partial charge in [0.1, 0.15) is 0 Å². The first-order chi connectivity index (χ1) is 6.96. The Balaban J connectivity index is 2.39. The second-order valence-corrected chi connectivity index (χ2v) is 4.33. The van der Waals surface area contributed by atoms with Crippen molar-refractivity contribution in [2.75, 3.05) is 20.6 Å². The smallest absolute Gasteiger partial charge is 0.241 e. The van der Waals surface area contributed by atoms with E-state index >= 15 is 0 Å². The lowest BCUT2D eigenvalue weighted by Gasteiger charge is -2.22. The minimum atomic E-state index is -0.743. The summed E-state index contributed by atoms with van der Waals surface area (Å²) in [4.78, 5) is 24.4. The van der Waals surface area contributed by atoms with Gasteiger partial charge in [-0.2, -0.15) is 0 Å². The van der Waals surface area contributed by atoms with Crippen LogP contribution in [0.3, 0.4) is 0 Å². The van der Waals surface area contributed by atoms with Crippen LogP contribution in [0.25, 0.3) is 0 Å². The molecule has 1 saturated carbocycles. The Labute approximate surface area is 90.0 Å². The molecule has 0 atom stereocenters. The molecule has 3 N–H and O–H groups in total. The van der Waals surface area contributed by atoms with Crippen LogP contribution >= 0.6 is 0 Å². The first-order valence-corrected chi connectivity index (χ1v) is 5.23. The normalized spacial score (nSPS) is 18.6. The number of hydrogen-bond donors (Lipinski definition) is 2. The Morgan fingerprint density at radius 3 is 2.33 bits per heavy atom. The van der Waals surface area contributed by atoms with E-state index in [-0.39, 0.29) is 18.4 Å². The standard InChI is InChI=1S/C10H19N3O2/c1-13(2)8(14)7-12-9(15)10(11)5-3-4-6-10/h3-7,11H2,1-2H3,(H,12,15). The molecule has 0 aromatic carbocycles. The molecule has 0 aliphatic heterocycles. The van der Waals surface area contributed by atoms with Gasteiger partial charge in [-0.25, -0.2) is 0 Å². The van der Waals surface area contributed by atoms with Crippen molar-refractivity contribution >= 4 is 11.8 Å². The zero-order valence-corrected chi connectivity index (χ0v) is 9.38. The number of hydrogen-bond acceptors (Lipinski definition) is 3. The minimum absolute atomic E-state index is 0.0325. The van der Waals surface area contributed by atoms with Gasteiger partial charge in [0.05, 0.1) is 12.1 Å². The number of nitrogens with one attached hydrogen (secondary N) is 1.